The number of amides is 3. The van der Waals surface area contributed by atoms with Gasteiger partial charge in [0.2, 0.25) is 0 Å². The van der Waals surface area contributed by atoms with Crippen LogP contribution in [0, 0.1) is 0 Å². The summed E-state index contributed by atoms with van der Waals surface area (Å²) in [6, 6.07) is 6.11. The summed E-state index contributed by atoms with van der Waals surface area (Å²) in [5.74, 6) is -0.828. The number of rotatable bonds is 8. The molecule has 2 unspecified atom stereocenters. The SMILES string of the molecule is CCOC(=O)C1=C(COC(=O)c2ccc(OCC(=O)N3C(C)CCCC3C)cc2)NC(=O)NC1. The second kappa shape index (κ2) is 11.5. The van der Waals surface area contributed by atoms with Gasteiger partial charge in [-0.2, -0.15) is 0 Å². The molecule has 0 radical (unpaired) electrons. The van der Waals surface area contributed by atoms with Crippen molar-refractivity contribution < 1.29 is 33.4 Å². The van der Waals surface area contributed by atoms with E-state index in [9.17, 15) is 19.2 Å². The van der Waals surface area contributed by atoms with Crippen LogP contribution >= 0.6 is 0 Å². The molecule has 2 atom stereocenters. The number of likely N-dealkylation sites (tertiary alicyclic amines) is 1. The third-order valence-corrected chi connectivity index (χ3v) is 5.86. The molecule has 34 heavy (non-hydrogen) atoms. The number of hydrogen-bond donors (Lipinski definition) is 2. The van der Waals surface area contributed by atoms with Gasteiger partial charge in [0.05, 0.1) is 30.0 Å². The van der Waals surface area contributed by atoms with Crippen molar-refractivity contribution in [1.82, 2.24) is 15.5 Å². The van der Waals surface area contributed by atoms with E-state index in [0.717, 1.165) is 19.3 Å². The normalized spacial score (nSPS) is 20.2. The average molecular weight is 474 g/mol. The second-order valence-corrected chi connectivity index (χ2v) is 8.30. The minimum absolute atomic E-state index is 0.0166. The Morgan fingerprint density at radius 2 is 1.71 bits per heavy atom. The monoisotopic (exact) mass is 473 g/mol. The standard InChI is InChI=1S/C24H31N3O7/c1-4-32-23(30)19-12-25-24(31)26-20(19)13-34-22(29)17-8-10-18(11-9-17)33-14-21(28)27-15(2)6-5-7-16(27)3/h8-11,15-16H,4-7,12-14H2,1-3H3,(H2,25,26,31). The number of carbonyl (C=O) groups excluding carboxylic acids is 4. The van der Waals surface area contributed by atoms with Crippen molar-refractivity contribution >= 4 is 23.9 Å². The Hall–Kier alpha value is -3.56. The van der Waals surface area contributed by atoms with Crippen LogP contribution in [0.4, 0.5) is 4.79 Å². The Morgan fingerprint density at radius 1 is 1.03 bits per heavy atom. The number of piperidine rings is 1. The van der Waals surface area contributed by atoms with Gasteiger partial charge < -0.3 is 29.7 Å². The number of nitrogens with one attached hydrogen (secondary N) is 2. The van der Waals surface area contributed by atoms with Crippen LogP contribution in [0.2, 0.25) is 0 Å². The fraction of sp³-hybridized carbons (Fsp3) is 0.500. The number of urea groups is 1. The van der Waals surface area contributed by atoms with Crippen molar-refractivity contribution in [3.05, 3.63) is 41.1 Å². The number of ether oxygens (including phenoxy) is 3. The van der Waals surface area contributed by atoms with Gasteiger partial charge in [-0.3, -0.25) is 4.79 Å². The summed E-state index contributed by atoms with van der Waals surface area (Å²) in [5.41, 5.74) is 0.630. The maximum atomic E-state index is 12.6. The van der Waals surface area contributed by atoms with Gasteiger partial charge in [0.1, 0.15) is 12.4 Å². The molecule has 0 saturated carbocycles. The van der Waals surface area contributed by atoms with Crippen LogP contribution in [0.25, 0.3) is 0 Å². The summed E-state index contributed by atoms with van der Waals surface area (Å²) in [6.07, 6.45) is 3.10. The number of hydrogen-bond acceptors (Lipinski definition) is 7. The smallest absolute Gasteiger partial charge is 0.338 e. The molecule has 1 fully saturated rings. The Bertz CT molecular complexity index is 948. The molecule has 1 aromatic carbocycles. The first-order valence-corrected chi connectivity index (χ1v) is 11.4. The molecule has 1 saturated heterocycles. The summed E-state index contributed by atoms with van der Waals surface area (Å²) in [6.45, 7) is 5.57. The van der Waals surface area contributed by atoms with Gasteiger partial charge in [0.15, 0.2) is 6.61 Å². The number of nitrogens with zero attached hydrogens (tertiary/aromatic N) is 1. The van der Waals surface area contributed by atoms with Gasteiger partial charge in [-0.15, -0.1) is 0 Å². The highest BCUT2D eigenvalue weighted by molar-refractivity contribution is 5.94. The van der Waals surface area contributed by atoms with E-state index in [1.807, 2.05) is 4.90 Å². The molecule has 2 aliphatic heterocycles. The van der Waals surface area contributed by atoms with Crippen LogP contribution in [0.15, 0.2) is 35.5 Å². The van der Waals surface area contributed by atoms with Gasteiger partial charge in [-0.25, -0.2) is 14.4 Å². The van der Waals surface area contributed by atoms with Crippen LogP contribution < -0.4 is 15.4 Å². The van der Waals surface area contributed by atoms with Crippen LogP contribution in [-0.2, 0) is 19.1 Å². The Balaban J connectivity index is 1.55. The lowest BCUT2D eigenvalue weighted by Gasteiger charge is -2.38. The molecule has 2 aliphatic rings. The van der Waals surface area contributed by atoms with Gasteiger partial charge in [0.25, 0.3) is 5.91 Å². The van der Waals surface area contributed by atoms with E-state index in [1.165, 1.54) is 12.1 Å². The molecule has 184 valence electrons. The molecule has 0 aromatic heterocycles. The van der Waals surface area contributed by atoms with Crippen molar-refractivity contribution in [3.63, 3.8) is 0 Å². The molecular weight excluding hydrogens is 442 g/mol. The first-order valence-electron chi connectivity index (χ1n) is 11.4. The molecule has 2 N–H and O–H groups in total. The topological polar surface area (TPSA) is 123 Å². The number of carbonyl (C=O) groups is 4. The average Bonchev–Trinajstić information content (AvgIpc) is 2.81. The summed E-state index contributed by atoms with van der Waals surface area (Å²) >= 11 is 0. The van der Waals surface area contributed by atoms with Crippen LogP contribution in [0.1, 0.15) is 50.4 Å². The highest BCUT2D eigenvalue weighted by atomic mass is 16.5. The Labute approximate surface area is 198 Å². The lowest BCUT2D eigenvalue weighted by Crippen LogP contribution is -2.49. The van der Waals surface area contributed by atoms with Crippen LogP contribution in [-0.4, -0.2) is 67.2 Å². The lowest BCUT2D eigenvalue weighted by atomic mass is 9.97. The van der Waals surface area contributed by atoms with Crippen LogP contribution in [0.3, 0.4) is 0 Å². The van der Waals surface area contributed by atoms with Crippen molar-refractivity contribution in [2.75, 3.05) is 26.4 Å². The lowest BCUT2D eigenvalue weighted by molar-refractivity contribution is -0.140. The first-order chi connectivity index (χ1) is 16.3. The quantitative estimate of drug-likeness (QED) is 0.555. The largest absolute Gasteiger partial charge is 0.484 e. The second-order valence-electron chi connectivity index (χ2n) is 8.30. The van der Waals surface area contributed by atoms with E-state index in [-0.39, 0.29) is 61.2 Å². The maximum Gasteiger partial charge on any atom is 0.338 e. The number of esters is 2. The zero-order valence-corrected chi connectivity index (χ0v) is 19.7. The third-order valence-electron chi connectivity index (χ3n) is 5.86. The predicted octanol–water partition coefficient (Wildman–Crippen LogP) is 2.14. The molecule has 0 bridgehead atoms. The van der Waals surface area contributed by atoms with E-state index >= 15 is 0 Å². The molecule has 2 heterocycles. The molecule has 10 heteroatoms. The molecule has 1 aromatic rings. The van der Waals surface area contributed by atoms with Crippen molar-refractivity contribution in [2.24, 2.45) is 0 Å². The molecular formula is C24H31N3O7. The third kappa shape index (κ3) is 6.27. The molecule has 3 amide bonds. The van der Waals surface area contributed by atoms with Crippen molar-refractivity contribution in [3.8, 4) is 5.75 Å². The van der Waals surface area contributed by atoms with Gasteiger partial charge >= 0.3 is 18.0 Å². The molecule has 10 nitrogen and oxygen atoms in total. The fourth-order valence-electron chi connectivity index (χ4n) is 4.11. The van der Waals surface area contributed by atoms with E-state index in [1.54, 1.807) is 19.1 Å². The minimum Gasteiger partial charge on any atom is -0.484 e. The van der Waals surface area contributed by atoms with Crippen LogP contribution in [0.5, 0.6) is 5.75 Å². The highest BCUT2D eigenvalue weighted by Gasteiger charge is 2.29. The zero-order chi connectivity index (χ0) is 24.7. The van der Waals surface area contributed by atoms with Gasteiger partial charge in [0, 0.05) is 12.1 Å². The van der Waals surface area contributed by atoms with E-state index in [4.69, 9.17) is 14.2 Å². The molecule has 3 rings (SSSR count). The van der Waals surface area contributed by atoms with Gasteiger partial charge in [-0.05, 0) is 64.3 Å². The summed E-state index contributed by atoms with van der Waals surface area (Å²) in [7, 11) is 0. The molecule has 0 spiro atoms. The van der Waals surface area contributed by atoms with E-state index in [0.29, 0.717) is 5.75 Å². The number of benzene rings is 1. The Morgan fingerprint density at radius 3 is 2.35 bits per heavy atom. The zero-order valence-electron chi connectivity index (χ0n) is 19.7. The summed E-state index contributed by atoms with van der Waals surface area (Å²) in [4.78, 5) is 50.6. The summed E-state index contributed by atoms with van der Waals surface area (Å²) < 4.78 is 15.9. The van der Waals surface area contributed by atoms with Gasteiger partial charge in [-0.1, -0.05) is 0 Å². The summed E-state index contributed by atoms with van der Waals surface area (Å²) in [5, 5.41) is 4.96. The van der Waals surface area contributed by atoms with Crippen molar-refractivity contribution in [1.29, 1.82) is 0 Å². The predicted molar refractivity (Wildman–Crippen MR) is 122 cm³/mol. The van der Waals surface area contributed by atoms with E-state index < -0.39 is 18.0 Å². The van der Waals surface area contributed by atoms with E-state index in [2.05, 4.69) is 24.5 Å². The molecule has 0 aliphatic carbocycles. The maximum absolute atomic E-state index is 12.6. The fourth-order valence-corrected chi connectivity index (χ4v) is 4.11. The first kappa shape index (κ1) is 25.1. The minimum atomic E-state index is -0.637. The highest BCUT2D eigenvalue weighted by Crippen LogP contribution is 2.23. The van der Waals surface area contributed by atoms with Crippen molar-refractivity contribution in [2.45, 2.75) is 52.1 Å². The Kier molecular flexibility index (Phi) is 8.50.